The van der Waals surface area contributed by atoms with Gasteiger partial charge in [-0.1, -0.05) is 56.6 Å². The summed E-state index contributed by atoms with van der Waals surface area (Å²) in [6, 6.07) is 3.80. The number of carbonyl (C=O) groups is 2. The van der Waals surface area contributed by atoms with Crippen molar-refractivity contribution in [3.05, 3.63) is 27.1 Å². The van der Waals surface area contributed by atoms with Crippen molar-refractivity contribution in [1.82, 2.24) is 4.90 Å². The Morgan fingerprint density at radius 3 is 2.61 bits per heavy atom. The monoisotopic (exact) mass is 557 g/mol. The summed E-state index contributed by atoms with van der Waals surface area (Å²) in [4.78, 5) is 25.7. The quantitative estimate of drug-likeness (QED) is 0.147. The minimum atomic E-state index is -0.797. The highest BCUT2D eigenvalue weighted by molar-refractivity contribution is 9.10. The third kappa shape index (κ3) is 8.94. The van der Waals surface area contributed by atoms with E-state index in [0.717, 1.165) is 35.7 Å². The number of thiocarbonyl (C=S) groups is 1. The van der Waals surface area contributed by atoms with E-state index in [1.807, 2.05) is 25.1 Å². The predicted octanol–water partition coefficient (Wildman–Crippen LogP) is 6.65. The highest BCUT2D eigenvalue weighted by Gasteiger charge is 2.31. The van der Waals surface area contributed by atoms with Crippen LogP contribution in [0.25, 0.3) is 6.08 Å². The minimum Gasteiger partial charge on any atom is -0.490 e. The van der Waals surface area contributed by atoms with Crippen LogP contribution in [0.4, 0.5) is 0 Å². The zero-order chi connectivity index (χ0) is 24.2. The molecule has 182 valence electrons. The molecule has 1 amide bonds. The zero-order valence-corrected chi connectivity index (χ0v) is 22.5. The van der Waals surface area contributed by atoms with E-state index in [4.69, 9.17) is 26.8 Å². The van der Waals surface area contributed by atoms with Crippen LogP contribution < -0.4 is 9.47 Å². The van der Waals surface area contributed by atoms with Crippen molar-refractivity contribution in [3.8, 4) is 11.5 Å². The Labute approximate surface area is 214 Å². The number of carboxylic acids is 1. The number of nitrogens with zero attached hydrogens (tertiary/aromatic N) is 1. The van der Waals surface area contributed by atoms with Gasteiger partial charge in [0.1, 0.15) is 4.32 Å². The molecular weight excluding hydrogens is 526 g/mol. The number of aliphatic carboxylic acids is 1. The number of hydrogen-bond donors (Lipinski definition) is 1. The van der Waals surface area contributed by atoms with Crippen molar-refractivity contribution in [1.29, 1.82) is 0 Å². The molecule has 33 heavy (non-hydrogen) atoms. The van der Waals surface area contributed by atoms with Gasteiger partial charge in [0, 0.05) is 13.0 Å². The molecule has 1 aliphatic rings. The molecule has 0 aromatic heterocycles. The maximum atomic E-state index is 12.9. The molecule has 0 radical (unpaired) electrons. The molecule has 1 aromatic rings. The summed E-state index contributed by atoms with van der Waals surface area (Å²) >= 11 is 10.3. The fourth-order valence-corrected chi connectivity index (χ4v) is 5.23. The van der Waals surface area contributed by atoms with Crippen molar-refractivity contribution >= 4 is 62.2 Å². The molecule has 0 bridgehead atoms. The summed E-state index contributed by atoms with van der Waals surface area (Å²) in [5.74, 6) is 0.407. The highest BCUT2D eigenvalue weighted by atomic mass is 79.9. The summed E-state index contributed by atoms with van der Waals surface area (Å²) in [5, 5.41) is 8.73. The first kappa shape index (κ1) is 27.7. The Hall–Kier alpha value is -1.58. The first-order valence-corrected chi connectivity index (χ1v) is 13.4. The summed E-state index contributed by atoms with van der Waals surface area (Å²) in [6.07, 6.45) is 8.53. The van der Waals surface area contributed by atoms with Gasteiger partial charge < -0.3 is 14.6 Å². The Bertz CT molecular complexity index is 875. The number of halogens is 1. The maximum absolute atomic E-state index is 12.9. The Morgan fingerprint density at radius 2 is 1.91 bits per heavy atom. The van der Waals surface area contributed by atoms with Crippen LogP contribution in [0, 0.1) is 0 Å². The number of hydrogen-bond acceptors (Lipinski definition) is 6. The number of carboxylic acid groups (broad SMARTS) is 1. The zero-order valence-electron chi connectivity index (χ0n) is 19.2. The van der Waals surface area contributed by atoms with Crippen molar-refractivity contribution in [2.45, 2.75) is 65.2 Å². The van der Waals surface area contributed by atoms with Crippen LogP contribution >= 0.6 is 39.9 Å². The predicted molar refractivity (Wildman–Crippen MR) is 141 cm³/mol. The fourth-order valence-electron chi connectivity index (χ4n) is 3.34. The lowest BCUT2D eigenvalue weighted by molar-refractivity contribution is -0.137. The van der Waals surface area contributed by atoms with Crippen molar-refractivity contribution in [3.63, 3.8) is 0 Å². The molecule has 0 unspecified atom stereocenters. The van der Waals surface area contributed by atoms with Crippen molar-refractivity contribution < 1.29 is 24.2 Å². The lowest BCUT2D eigenvalue weighted by atomic mass is 10.1. The van der Waals surface area contributed by atoms with Crippen LogP contribution in [0.2, 0.25) is 0 Å². The van der Waals surface area contributed by atoms with E-state index in [0.29, 0.717) is 46.9 Å². The lowest BCUT2D eigenvalue weighted by Gasteiger charge is -2.15. The molecule has 0 spiro atoms. The van der Waals surface area contributed by atoms with E-state index >= 15 is 0 Å². The van der Waals surface area contributed by atoms with Gasteiger partial charge in [-0.15, -0.1) is 0 Å². The average Bonchev–Trinajstić information content (AvgIpc) is 3.02. The van der Waals surface area contributed by atoms with Gasteiger partial charge in [0.15, 0.2) is 11.5 Å². The molecular formula is C24H32BrNO5S2. The van der Waals surface area contributed by atoms with Crippen LogP contribution in [0.3, 0.4) is 0 Å². The van der Waals surface area contributed by atoms with Crippen molar-refractivity contribution in [2.24, 2.45) is 0 Å². The Morgan fingerprint density at radius 1 is 1.15 bits per heavy atom. The van der Waals surface area contributed by atoms with Crippen LogP contribution in [-0.2, 0) is 9.59 Å². The second-order valence-electron chi connectivity index (χ2n) is 7.71. The van der Waals surface area contributed by atoms with Gasteiger partial charge in [-0.25, -0.2) is 0 Å². The highest BCUT2D eigenvalue weighted by Crippen LogP contribution is 2.39. The van der Waals surface area contributed by atoms with Crippen molar-refractivity contribution in [2.75, 3.05) is 19.8 Å². The van der Waals surface area contributed by atoms with E-state index in [2.05, 4.69) is 22.9 Å². The van der Waals surface area contributed by atoms with Crippen LogP contribution in [0.5, 0.6) is 11.5 Å². The van der Waals surface area contributed by atoms with E-state index in [1.54, 1.807) is 4.90 Å². The third-order valence-corrected chi connectivity index (χ3v) is 6.99. The Balaban J connectivity index is 2.06. The van der Waals surface area contributed by atoms with E-state index in [9.17, 15) is 9.59 Å². The number of benzene rings is 1. The Kier molecular flexibility index (Phi) is 12.3. The standard InChI is InChI=1S/C24H32BrNO5S2/c1-3-5-6-10-13-31-22-18(25)14-17(15-19(22)30-4-2)16-20-23(29)26(24(32)33-20)12-9-7-8-11-21(27)28/h14-16H,3-13H2,1-2H3,(H,27,28)/b20-16-. The van der Waals surface area contributed by atoms with Gasteiger partial charge in [0.25, 0.3) is 5.91 Å². The number of thioether (sulfide) groups is 1. The molecule has 1 aliphatic heterocycles. The minimum absolute atomic E-state index is 0.117. The smallest absolute Gasteiger partial charge is 0.303 e. The topological polar surface area (TPSA) is 76.1 Å². The first-order valence-electron chi connectivity index (χ1n) is 11.4. The van der Waals surface area contributed by atoms with E-state index in [-0.39, 0.29) is 12.3 Å². The molecule has 6 nitrogen and oxygen atoms in total. The normalized spacial score (nSPS) is 14.9. The molecule has 1 fully saturated rings. The SMILES string of the molecule is CCCCCCOc1c(Br)cc(/C=C2\SC(=S)N(CCCCCC(=O)O)C2=O)cc1OCC. The van der Waals surface area contributed by atoms with Gasteiger partial charge in [0.2, 0.25) is 0 Å². The number of carbonyl (C=O) groups excluding carboxylic acids is 1. The maximum Gasteiger partial charge on any atom is 0.303 e. The fraction of sp³-hybridized carbons (Fsp3) is 0.542. The van der Waals surface area contributed by atoms with Crippen LogP contribution in [0.15, 0.2) is 21.5 Å². The van der Waals surface area contributed by atoms with Gasteiger partial charge >= 0.3 is 5.97 Å². The lowest BCUT2D eigenvalue weighted by Crippen LogP contribution is -2.29. The molecule has 0 atom stereocenters. The average molecular weight is 559 g/mol. The number of amides is 1. The summed E-state index contributed by atoms with van der Waals surface area (Å²) < 4.78 is 13.1. The molecule has 1 aromatic carbocycles. The molecule has 1 saturated heterocycles. The van der Waals surface area contributed by atoms with Gasteiger partial charge in [0.05, 0.1) is 22.6 Å². The summed E-state index contributed by atoms with van der Waals surface area (Å²) in [6.45, 7) is 5.74. The van der Waals surface area contributed by atoms with E-state index in [1.165, 1.54) is 24.6 Å². The summed E-state index contributed by atoms with van der Waals surface area (Å²) in [7, 11) is 0. The molecule has 9 heteroatoms. The number of ether oxygens (including phenoxy) is 2. The van der Waals surface area contributed by atoms with E-state index < -0.39 is 5.97 Å². The molecule has 2 rings (SSSR count). The van der Waals surface area contributed by atoms with Crippen LogP contribution in [0.1, 0.15) is 70.8 Å². The molecule has 1 heterocycles. The first-order chi connectivity index (χ1) is 15.9. The van der Waals surface area contributed by atoms with Gasteiger partial charge in [-0.2, -0.15) is 0 Å². The number of unbranched alkanes of at least 4 members (excludes halogenated alkanes) is 5. The number of rotatable bonds is 15. The van der Waals surface area contributed by atoms with Gasteiger partial charge in [-0.05, 0) is 65.9 Å². The second-order valence-corrected chi connectivity index (χ2v) is 10.2. The largest absolute Gasteiger partial charge is 0.490 e. The third-order valence-electron chi connectivity index (χ3n) is 5.02. The second kappa shape index (κ2) is 14.6. The van der Waals surface area contributed by atoms with Gasteiger partial charge in [-0.3, -0.25) is 14.5 Å². The molecule has 1 N–H and O–H groups in total. The molecule has 0 saturated carbocycles. The molecule has 0 aliphatic carbocycles. The summed E-state index contributed by atoms with van der Waals surface area (Å²) in [5.41, 5.74) is 0.825. The van der Waals surface area contributed by atoms with Crippen LogP contribution in [-0.4, -0.2) is 46.0 Å².